The zero-order valence-electron chi connectivity index (χ0n) is 13.5. The minimum Gasteiger partial charge on any atom is -0.363 e. The van der Waals surface area contributed by atoms with Gasteiger partial charge in [-0.3, -0.25) is 19.6 Å². The molecule has 23 heavy (non-hydrogen) atoms. The second-order valence-corrected chi connectivity index (χ2v) is 6.28. The Morgan fingerprint density at radius 3 is 2.91 bits per heavy atom. The first-order valence-corrected chi connectivity index (χ1v) is 7.99. The third-order valence-corrected chi connectivity index (χ3v) is 4.57. The van der Waals surface area contributed by atoms with E-state index in [0.29, 0.717) is 19.0 Å². The molecule has 1 aromatic rings. The van der Waals surface area contributed by atoms with Gasteiger partial charge in [0, 0.05) is 26.2 Å². The fourth-order valence-electron chi connectivity index (χ4n) is 3.19. The molecule has 124 valence electrons. The van der Waals surface area contributed by atoms with Crippen molar-refractivity contribution < 1.29 is 14.3 Å². The molecule has 0 bridgehead atoms. The lowest BCUT2D eigenvalue weighted by Gasteiger charge is -2.33. The molecule has 3 rings (SSSR count). The number of carbonyl (C=O) groups is 2. The third-order valence-electron chi connectivity index (χ3n) is 4.57. The van der Waals surface area contributed by atoms with E-state index in [1.807, 2.05) is 6.92 Å². The number of amides is 2. The van der Waals surface area contributed by atoms with Gasteiger partial charge in [-0.1, -0.05) is 0 Å². The molecule has 0 spiro atoms. The van der Waals surface area contributed by atoms with Gasteiger partial charge < -0.3 is 15.0 Å². The highest BCUT2D eigenvalue weighted by molar-refractivity contribution is 5.81. The number of fused-ring (bicyclic) bond motifs is 1. The zero-order chi connectivity index (χ0) is 16.4. The van der Waals surface area contributed by atoms with Crippen molar-refractivity contribution in [3.05, 3.63) is 23.8 Å². The standard InChI is InChI=1S/C16H22N4O3/c1-10-6-18-13(7-17-10)8-19-16(22)14-5-12-3-4-20(11(2)21)9-15(12)23-14/h6-7,12,14-15H,3-5,8-9H2,1-2H3,(H,19,22)/t12-,14-,15+/m0/s1. The predicted octanol–water partition coefficient (Wildman–Crippen LogP) is 0.427. The summed E-state index contributed by atoms with van der Waals surface area (Å²) in [5, 5.41) is 2.86. The number of nitrogens with zero attached hydrogens (tertiary/aromatic N) is 3. The van der Waals surface area contributed by atoms with Crippen LogP contribution in [0.15, 0.2) is 12.4 Å². The third kappa shape index (κ3) is 3.67. The van der Waals surface area contributed by atoms with Crippen molar-refractivity contribution in [3.8, 4) is 0 Å². The molecule has 7 heteroatoms. The fraction of sp³-hybridized carbons (Fsp3) is 0.625. The summed E-state index contributed by atoms with van der Waals surface area (Å²) in [7, 11) is 0. The molecule has 7 nitrogen and oxygen atoms in total. The van der Waals surface area contributed by atoms with Gasteiger partial charge in [-0.2, -0.15) is 0 Å². The zero-order valence-corrected chi connectivity index (χ0v) is 13.5. The first-order valence-electron chi connectivity index (χ1n) is 7.99. The predicted molar refractivity (Wildman–Crippen MR) is 82.3 cm³/mol. The number of piperidine rings is 1. The maximum Gasteiger partial charge on any atom is 0.249 e. The molecule has 0 unspecified atom stereocenters. The number of aromatic nitrogens is 2. The monoisotopic (exact) mass is 318 g/mol. The molecule has 1 N–H and O–H groups in total. The van der Waals surface area contributed by atoms with Crippen LogP contribution in [0.4, 0.5) is 0 Å². The number of likely N-dealkylation sites (tertiary alicyclic amines) is 1. The number of aryl methyl sites for hydroxylation is 1. The summed E-state index contributed by atoms with van der Waals surface area (Å²) in [6, 6.07) is 0. The average Bonchev–Trinajstić information content (AvgIpc) is 2.97. The van der Waals surface area contributed by atoms with Gasteiger partial charge in [0.15, 0.2) is 0 Å². The van der Waals surface area contributed by atoms with Crippen LogP contribution < -0.4 is 5.32 Å². The van der Waals surface area contributed by atoms with Crippen molar-refractivity contribution >= 4 is 11.8 Å². The highest BCUT2D eigenvalue weighted by Gasteiger charge is 2.42. The van der Waals surface area contributed by atoms with Crippen molar-refractivity contribution in [1.82, 2.24) is 20.2 Å². The highest BCUT2D eigenvalue weighted by Crippen LogP contribution is 2.33. The molecular formula is C16H22N4O3. The number of hydrogen-bond acceptors (Lipinski definition) is 5. The molecule has 2 aliphatic heterocycles. The Hall–Kier alpha value is -2.02. The molecule has 1 aromatic heterocycles. The van der Waals surface area contributed by atoms with Gasteiger partial charge in [-0.15, -0.1) is 0 Å². The number of carbonyl (C=O) groups excluding carboxylic acids is 2. The molecule has 2 saturated heterocycles. The molecule has 2 aliphatic rings. The number of ether oxygens (including phenoxy) is 1. The minimum absolute atomic E-state index is 0.0254. The van der Waals surface area contributed by atoms with Crippen molar-refractivity contribution in [2.75, 3.05) is 13.1 Å². The Balaban J connectivity index is 1.51. The second kappa shape index (κ2) is 6.62. The van der Waals surface area contributed by atoms with E-state index in [2.05, 4.69) is 15.3 Å². The van der Waals surface area contributed by atoms with E-state index in [1.165, 1.54) is 0 Å². The summed E-state index contributed by atoms with van der Waals surface area (Å²) in [4.78, 5) is 33.9. The molecule has 3 atom stereocenters. The van der Waals surface area contributed by atoms with Crippen molar-refractivity contribution in [2.24, 2.45) is 5.92 Å². The first-order chi connectivity index (χ1) is 11.0. The molecule has 0 aliphatic carbocycles. The lowest BCUT2D eigenvalue weighted by molar-refractivity contribution is -0.136. The Morgan fingerprint density at radius 2 is 2.22 bits per heavy atom. The second-order valence-electron chi connectivity index (χ2n) is 6.28. The van der Waals surface area contributed by atoms with Crippen LogP contribution in [0.2, 0.25) is 0 Å². The Kier molecular flexibility index (Phi) is 4.56. The van der Waals surface area contributed by atoms with Crippen LogP contribution in [-0.4, -0.2) is 52.0 Å². The summed E-state index contributed by atoms with van der Waals surface area (Å²) >= 11 is 0. The van der Waals surface area contributed by atoms with Crippen molar-refractivity contribution in [3.63, 3.8) is 0 Å². The van der Waals surface area contributed by atoms with Crippen molar-refractivity contribution in [2.45, 2.75) is 45.4 Å². The Bertz CT molecular complexity index is 589. The lowest BCUT2D eigenvalue weighted by Crippen LogP contribution is -2.44. The number of nitrogens with one attached hydrogen (secondary N) is 1. The molecule has 3 heterocycles. The van der Waals surface area contributed by atoms with Crippen LogP contribution >= 0.6 is 0 Å². The van der Waals surface area contributed by atoms with Gasteiger partial charge in [0.2, 0.25) is 11.8 Å². The van der Waals surface area contributed by atoms with Crippen LogP contribution in [0.5, 0.6) is 0 Å². The smallest absolute Gasteiger partial charge is 0.249 e. The van der Waals surface area contributed by atoms with Gasteiger partial charge in [0.1, 0.15) is 6.10 Å². The summed E-state index contributed by atoms with van der Waals surface area (Å²) in [6.45, 7) is 5.14. The van der Waals surface area contributed by atoms with Crippen LogP contribution in [0.25, 0.3) is 0 Å². The molecule has 2 amide bonds. The summed E-state index contributed by atoms with van der Waals surface area (Å²) < 4.78 is 5.87. The topological polar surface area (TPSA) is 84.4 Å². The van der Waals surface area contributed by atoms with Crippen molar-refractivity contribution in [1.29, 1.82) is 0 Å². The Morgan fingerprint density at radius 1 is 1.39 bits per heavy atom. The average molecular weight is 318 g/mol. The molecule has 0 aromatic carbocycles. The van der Waals surface area contributed by atoms with Gasteiger partial charge in [0.05, 0.1) is 30.2 Å². The van der Waals surface area contributed by atoms with Crippen LogP contribution in [0, 0.1) is 12.8 Å². The number of hydrogen-bond donors (Lipinski definition) is 1. The highest BCUT2D eigenvalue weighted by atomic mass is 16.5. The maximum atomic E-state index is 12.3. The van der Waals surface area contributed by atoms with E-state index in [0.717, 1.165) is 30.8 Å². The van der Waals surface area contributed by atoms with Gasteiger partial charge in [0.25, 0.3) is 0 Å². The quantitative estimate of drug-likeness (QED) is 0.873. The van der Waals surface area contributed by atoms with Gasteiger partial charge in [-0.05, 0) is 25.7 Å². The molecule has 0 radical (unpaired) electrons. The molecular weight excluding hydrogens is 296 g/mol. The fourth-order valence-corrected chi connectivity index (χ4v) is 3.19. The van der Waals surface area contributed by atoms with E-state index >= 15 is 0 Å². The summed E-state index contributed by atoms with van der Waals surface area (Å²) in [6.07, 6.45) is 4.51. The van der Waals surface area contributed by atoms with E-state index in [9.17, 15) is 9.59 Å². The van der Waals surface area contributed by atoms with Gasteiger partial charge in [-0.25, -0.2) is 0 Å². The first kappa shape index (κ1) is 15.9. The van der Waals surface area contributed by atoms with Gasteiger partial charge >= 0.3 is 0 Å². The maximum absolute atomic E-state index is 12.3. The largest absolute Gasteiger partial charge is 0.363 e. The number of rotatable bonds is 3. The van der Waals surface area contributed by atoms with Crippen LogP contribution in [0.1, 0.15) is 31.2 Å². The SMILES string of the molecule is CC(=O)N1CC[C@H]2C[C@@H](C(=O)NCc3cnc(C)cn3)O[C@@H]2C1. The van der Waals surface area contributed by atoms with E-state index in [4.69, 9.17) is 4.74 Å². The minimum atomic E-state index is -0.435. The van der Waals surface area contributed by atoms with E-state index in [-0.39, 0.29) is 17.9 Å². The lowest BCUT2D eigenvalue weighted by atomic mass is 9.91. The van der Waals surface area contributed by atoms with Crippen LogP contribution in [0.3, 0.4) is 0 Å². The summed E-state index contributed by atoms with van der Waals surface area (Å²) in [5.74, 6) is 0.314. The summed E-state index contributed by atoms with van der Waals surface area (Å²) in [5.41, 5.74) is 1.57. The van der Waals surface area contributed by atoms with Crippen LogP contribution in [-0.2, 0) is 20.9 Å². The van der Waals surface area contributed by atoms with E-state index < -0.39 is 6.10 Å². The molecule has 0 saturated carbocycles. The van der Waals surface area contributed by atoms with E-state index in [1.54, 1.807) is 24.2 Å². The molecule has 2 fully saturated rings. The normalized spacial score (nSPS) is 26.7. The Labute approximate surface area is 135 Å².